The molecule has 0 heterocycles. The Hall–Kier alpha value is -2.91. The van der Waals surface area contributed by atoms with E-state index in [1.165, 1.54) is 12.1 Å². The molecular weight excluding hydrogens is 380 g/mol. The lowest BCUT2D eigenvalue weighted by Gasteiger charge is -2.18. The van der Waals surface area contributed by atoms with Crippen molar-refractivity contribution in [2.75, 3.05) is 5.32 Å². The number of carbonyl (C=O) groups excluding carboxylic acids is 2. The number of anilines is 1. The highest BCUT2D eigenvalue weighted by atomic mass is 32.2. The molecule has 0 bridgehead atoms. The van der Waals surface area contributed by atoms with Gasteiger partial charge in [-0.15, -0.1) is 0 Å². The summed E-state index contributed by atoms with van der Waals surface area (Å²) in [6.45, 7) is 0. The van der Waals surface area contributed by atoms with Crippen LogP contribution in [-0.2, 0) is 14.8 Å². The van der Waals surface area contributed by atoms with Crippen molar-refractivity contribution in [3.8, 4) is 0 Å². The number of carbonyl (C=O) groups is 2. The van der Waals surface area contributed by atoms with E-state index in [0.717, 1.165) is 18.4 Å². The fourth-order valence-corrected chi connectivity index (χ4v) is 4.09. The minimum atomic E-state index is -3.61. The van der Waals surface area contributed by atoms with Gasteiger partial charge in [0.05, 0.1) is 17.4 Å². The second kappa shape index (κ2) is 8.41. The first-order chi connectivity index (χ1) is 13.3. The molecule has 1 atom stereocenters. The van der Waals surface area contributed by atoms with E-state index in [2.05, 4.69) is 15.4 Å². The van der Waals surface area contributed by atoms with Gasteiger partial charge in [-0.25, -0.2) is 17.9 Å². The number of urea groups is 1. The van der Waals surface area contributed by atoms with Crippen molar-refractivity contribution in [1.29, 1.82) is 0 Å². The van der Waals surface area contributed by atoms with Crippen LogP contribution in [0, 0.1) is 0 Å². The molecule has 0 aromatic heterocycles. The lowest BCUT2D eigenvalue weighted by Crippen LogP contribution is -2.35. The summed E-state index contributed by atoms with van der Waals surface area (Å²) >= 11 is 0. The number of amides is 3. The highest BCUT2D eigenvalue weighted by Gasteiger charge is 2.28. The van der Waals surface area contributed by atoms with Crippen molar-refractivity contribution in [3.63, 3.8) is 0 Å². The normalized spacial score (nSPS) is 14.9. The molecule has 28 heavy (non-hydrogen) atoms. The summed E-state index contributed by atoms with van der Waals surface area (Å²) in [6.07, 6.45) is 1.62. The number of hydrogen-bond acceptors (Lipinski definition) is 4. The van der Waals surface area contributed by atoms with Gasteiger partial charge in [0.1, 0.15) is 0 Å². The van der Waals surface area contributed by atoms with Gasteiger partial charge in [0.25, 0.3) is 0 Å². The third-order valence-corrected chi connectivity index (χ3v) is 5.75. The van der Waals surface area contributed by atoms with Crippen LogP contribution < -0.4 is 21.1 Å². The van der Waals surface area contributed by atoms with Crippen molar-refractivity contribution >= 4 is 27.6 Å². The van der Waals surface area contributed by atoms with Gasteiger partial charge < -0.3 is 16.4 Å². The zero-order valence-electron chi connectivity index (χ0n) is 15.1. The maximum absolute atomic E-state index is 12.5. The minimum Gasteiger partial charge on any atom is -0.352 e. The molecule has 0 saturated heterocycles. The maximum atomic E-state index is 12.5. The topological polar surface area (TPSA) is 130 Å². The van der Waals surface area contributed by atoms with Crippen LogP contribution in [0.15, 0.2) is 59.5 Å². The van der Waals surface area contributed by atoms with E-state index in [9.17, 15) is 18.0 Å². The number of sulfonamides is 1. The molecule has 1 aliphatic carbocycles. The Morgan fingerprint density at radius 3 is 2.43 bits per heavy atom. The number of hydrogen-bond donors (Lipinski definition) is 4. The van der Waals surface area contributed by atoms with Crippen LogP contribution in [0.1, 0.15) is 30.9 Å². The van der Waals surface area contributed by atoms with Crippen LogP contribution in [0.2, 0.25) is 0 Å². The molecule has 1 fully saturated rings. The number of primary amides is 1. The van der Waals surface area contributed by atoms with E-state index in [-0.39, 0.29) is 23.3 Å². The van der Waals surface area contributed by atoms with E-state index in [4.69, 9.17) is 5.73 Å². The van der Waals surface area contributed by atoms with Crippen molar-refractivity contribution in [2.45, 2.75) is 36.2 Å². The zero-order chi connectivity index (χ0) is 20.1. The molecule has 0 aliphatic heterocycles. The van der Waals surface area contributed by atoms with Crippen LogP contribution >= 0.6 is 0 Å². The summed E-state index contributed by atoms with van der Waals surface area (Å²) < 4.78 is 27.2. The molecule has 148 valence electrons. The molecular formula is C19H22N4O4S. The fourth-order valence-electron chi connectivity index (χ4n) is 2.74. The van der Waals surface area contributed by atoms with Crippen LogP contribution in [0.25, 0.3) is 0 Å². The average Bonchev–Trinajstić information content (AvgIpc) is 3.45. The first kappa shape index (κ1) is 19.8. The van der Waals surface area contributed by atoms with Crippen LogP contribution in [0.3, 0.4) is 0 Å². The Balaban J connectivity index is 1.69. The number of nitrogens with two attached hydrogens (primary N) is 1. The first-order valence-corrected chi connectivity index (χ1v) is 10.3. The number of nitrogens with one attached hydrogen (secondary N) is 3. The number of benzene rings is 2. The molecule has 2 aromatic rings. The van der Waals surface area contributed by atoms with Gasteiger partial charge in [-0.2, -0.15) is 0 Å². The van der Waals surface area contributed by atoms with Crippen molar-refractivity contribution in [1.82, 2.24) is 10.0 Å². The van der Waals surface area contributed by atoms with Crippen LogP contribution in [0.5, 0.6) is 0 Å². The van der Waals surface area contributed by atoms with E-state index in [0.29, 0.717) is 5.69 Å². The Bertz CT molecular complexity index is 959. The summed E-state index contributed by atoms with van der Waals surface area (Å²) in [5.41, 5.74) is 6.31. The molecule has 3 amide bonds. The summed E-state index contributed by atoms with van der Waals surface area (Å²) in [7, 11) is -3.61. The van der Waals surface area contributed by atoms with Gasteiger partial charge in [-0.05, 0) is 36.6 Å². The first-order valence-electron chi connectivity index (χ1n) is 8.86. The maximum Gasteiger partial charge on any atom is 0.312 e. The summed E-state index contributed by atoms with van der Waals surface area (Å²) in [5, 5.41) is 5.22. The van der Waals surface area contributed by atoms with Gasteiger partial charge in [0, 0.05) is 11.7 Å². The van der Waals surface area contributed by atoms with Gasteiger partial charge in [-0.1, -0.05) is 36.4 Å². The third-order valence-electron chi connectivity index (χ3n) is 4.24. The molecule has 9 heteroatoms. The molecule has 1 aliphatic rings. The largest absolute Gasteiger partial charge is 0.352 e. The zero-order valence-corrected chi connectivity index (χ0v) is 15.9. The third kappa shape index (κ3) is 5.54. The number of rotatable bonds is 8. The Morgan fingerprint density at radius 2 is 1.79 bits per heavy atom. The van der Waals surface area contributed by atoms with Crippen molar-refractivity contribution in [2.24, 2.45) is 5.73 Å². The Labute approximate surface area is 163 Å². The fraction of sp³-hybridized carbons (Fsp3) is 0.263. The summed E-state index contributed by atoms with van der Waals surface area (Å²) in [5.74, 6) is -0.382. The van der Waals surface area contributed by atoms with Gasteiger partial charge in [-0.3, -0.25) is 4.79 Å². The second-order valence-electron chi connectivity index (χ2n) is 6.65. The quantitative estimate of drug-likeness (QED) is 0.537. The predicted molar refractivity (Wildman–Crippen MR) is 105 cm³/mol. The molecule has 0 spiro atoms. The average molecular weight is 402 g/mol. The smallest absolute Gasteiger partial charge is 0.312 e. The van der Waals surface area contributed by atoms with Gasteiger partial charge in [0.2, 0.25) is 15.9 Å². The molecule has 0 radical (unpaired) electrons. The van der Waals surface area contributed by atoms with Gasteiger partial charge in [0.15, 0.2) is 0 Å². The summed E-state index contributed by atoms with van der Waals surface area (Å²) in [4.78, 5) is 23.8. The lowest BCUT2D eigenvalue weighted by molar-refractivity contribution is -0.116. The molecule has 8 nitrogen and oxygen atoms in total. The van der Waals surface area contributed by atoms with E-state index in [1.807, 2.05) is 6.07 Å². The predicted octanol–water partition coefficient (Wildman–Crippen LogP) is 1.87. The summed E-state index contributed by atoms with van der Waals surface area (Å²) in [6, 6.07) is 13.7. The van der Waals surface area contributed by atoms with Crippen LogP contribution in [0.4, 0.5) is 10.5 Å². The second-order valence-corrected chi connectivity index (χ2v) is 8.36. The van der Waals surface area contributed by atoms with Crippen molar-refractivity contribution < 1.29 is 18.0 Å². The van der Waals surface area contributed by atoms with Crippen molar-refractivity contribution in [3.05, 3.63) is 60.2 Å². The van der Waals surface area contributed by atoms with Gasteiger partial charge >= 0.3 is 6.03 Å². The highest BCUT2D eigenvalue weighted by Crippen LogP contribution is 2.24. The molecule has 1 unspecified atom stereocenters. The minimum absolute atomic E-state index is 0.00486. The molecule has 1 saturated carbocycles. The van der Waals surface area contributed by atoms with E-state index in [1.54, 1.807) is 36.4 Å². The SMILES string of the molecule is NC(=O)NC(CC(=O)Nc1cccc(S(=O)(=O)NC2CC2)c1)c1ccccc1. The standard InChI is InChI=1S/C19H22N4O4S/c20-19(25)22-17(13-5-2-1-3-6-13)12-18(24)21-15-7-4-8-16(11-15)28(26,27)23-14-9-10-14/h1-8,11,14,17,23H,9-10,12H2,(H,21,24)(H3,20,22,25). The molecule has 3 rings (SSSR count). The van der Waals surface area contributed by atoms with Crippen LogP contribution in [-0.4, -0.2) is 26.4 Å². The highest BCUT2D eigenvalue weighted by molar-refractivity contribution is 7.89. The van der Waals surface area contributed by atoms with E-state index < -0.39 is 22.1 Å². The molecule has 5 N–H and O–H groups in total. The van der Waals surface area contributed by atoms with E-state index >= 15 is 0 Å². The molecule has 2 aromatic carbocycles. The Morgan fingerprint density at radius 1 is 1.07 bits per heavy atom. The monoisotopic (exact) mass is 402 g/mol. The lowest BCUT2D eigenvalue weighted by atomic mass is 10.0. The Kier molecular flexibility index (Phi) is 5.96.